The number of hydrogen-bond acceptors (Lipinski definition) is 1. The molecule has 27 heavy (non-hydrogen) atoms. The maximum absolute atomic E-state index is 6.11. The minimum atomic E-state index is -0.0937. The zero-order valence-electron chi connectivity index (χ0n) is 14.4. The van der Waals surface area contributed by atoms with Crippen molar-refractivity contribution in [2.75, 3.05) is 0 Å². The Morgan fingerprint density at radius 3 is 1.89 bits per heavy atom. The summed E-state index contributed by atoms with van der Waals surface area (Å²) in [5.74, 6) is 1.74. The molecule has 0 unspecified atom stereocenters. The zero-order valence-corrected chi connectivity index (χ0v) is 17.4. The van der Waals surface area contributed by atoms with Gasteiger partial charge in [-0.15, -0.1) is 0 Å². The van der Waals surface area contributed by atoms with E-state index in [0.717, 1.165) is 11.5 Å². The standard InChI is InChI=1S/C24H16IOS/c25-17-12-14-18(15-13-17)26-19-6-5-7-20(16-19)27-23-10-3-1-8-21(23)22-9-2-4-11-24(22)27/h1-16H/q+1. The van der Waals surface area contributed by atoms with Crippen molar-refractivity contribution in [3.05, 3.63) is 101 Å². The molecule has 1 heterocycles. The maximum Gasteiger partial charge on any atom is 0.187 e. The predicted molar refractivity (Wildman–Crippen MR) is 125 cm³/mol. The Kier molecular flexibility index (Phi) is 4.34. The first-order valence-corrected chi connectivity index (χ1v) is 11.1. The molecule has 1 aromatic heterocycles. The van der Waals surface area contributed by atoms with Gasteiger partial charge in [-0.2, -0.15) is 0 Å². The molecule has 4 aromatic carbocycles. The van der Waals surface area contributed by atoms with Gasteiger partial charge in [0.15, 0.2) is 14.3 Å². The van der Waals surface area contributed by atoms with Crippen molar-refractivity contribution >= 4 is 53.2 Å². The smallest absolute Gasteiger partial charge is 0.187 e. The van der Waals surface area contributed by atoms with Gasteiger partial charge in [-0.05, 0) is 83.3 Å². The van der Waals surface area contributed by atoms with Crippen LogP contribution in [0.4, 0.5) is 0 Å². The van der Waals surface area contributed by atoms with Gasteiger partial charge in [0.25, 0.3) is 0 Å². The summed E-state index contributed by atoms with van der Waals surface area (Å²) >= 11 is 2.30. The topological polar surface area (TPSA) is 9.23 Å². The van der Waals surface area contributed by atoms with Crippen molar-refractivity contribution in [3.63, 3.8) is 0 Å². The van der Waals surface area contributed by atoms with Crippen molar-refractivity contribution in [3.8, 4) is 16.4 Å². The molecule has 0 saturated carbocycles. The van der Waals surface area contributed by atoms with Crippen LogP contribution in [0.2, 0.25) is 0 Å². The lowest BCUT2D eigenvalue weighted by atomic mass is 10.2. The van der Waals surface area contributed by atoms with E-state index in [1.807, 2.05) is 18.2 Å². The summed E-state index contributed by atoms with van der Waals surface area (Å²) in [7, 11) is -0.0937. The Labute approximate surface area is 174 Å². The predicted octanol–water partition coefficient (Wildman–Crippen LogP) is 8.13. The van der Waals surface area contributed by atoms with Gasteiger partial charge in [-0.25, -0.2) is 0 Å². The summed E-state index contributed by atoms with van der Waals surface area (Å²) in [5, 5.41) is 2.70. The highest BCUT2D eigenvalue weighted by atomic mass is 127. The van der Waals surface area contributed by atoms with Crippen LogP contribution in [0.1, 0.15) is 0 Å². The van der Waals surface area contributed by atoms with E-state index in [1.165, 1.54) is 28.6 Å². The molecule has 0 bridgehead atoms. The third-order valence-corrected chi connectivity index (χ3v) is 7.63. The fourth-order valence-electron chi connectivity index (χ4n) is 3.41. The lowest BCUT2D eigenvalue weighted by Gasteiger charge is -2.05. The van der Waals surface area contributed by atoms with Crippen LogP contribution in [0, 0.1) is 3.57 Å². The minimum Gasteiger partial charge on any atom is -0.457 e. The lowest BCUT2D eigenvalue weighted by molar-refractivity contribution is 0.483. The molecule has 0 radical (unpaired) electrons. The van der Waals surface area contributed by atoms with E-state index in [2.05, 4.69) is 101 Å². The summed E-state index contributed by atoms with van der Waals surface area (Å²) in [6.45, 7) is 0. The number of hydrogen-bond donors (Lipinski definition) is 0. The average molecular weight is 479 g/mol. The second-order valence-corrected chi connectivity index (χ2v) is 9.54. The first kappa shape index (κ1) is 16.8. The number of benzene rings is 4. The molecule has 3 heteroatoms. The van der Waals surface area contributed by atoms with Crippen molar-refractivity contribution in [1.82, 2.24) is 0 Å². The van der Waals surface area contributed by atoms with Crippen molar-refractivity contribution in [1.29, 1.82) is 0 Å². The molecule has 0 aliphatic rings. The molecule has 0 aliphatic carbocycles. The number of thiophene rings is 1. The van der Waals surface area contributed by atoms with Crippen LogP contribution in [-0.2, 0) is 0 Å². The minimum absolute atomic E-state index is 0.0937. The van der Waals surface area contributed by atoms with Crippen molar-refractivity contribution < 1.29 is 4.74 Å². The fraction of sp³-hybridized carbons (Fsp3) is 0. The first-order chi connectivity index (χ1) is 13.3. The molecule has 0 saturated heterocycles. The normalized spacial score (nSPS) is 11.1. The van der Waals surface area contributed by atoms with Gasteiger partial charge in [0.2, 0.25) is 0 Å². The molecule has 1 nitrogen and oxygen atoms in total. The summed E-state index contributed by atoms with van der Waals surface area (Å²) in [6, 6.07) is 34.1. The SMILES string of the molecule is Ic1ccc(Oc2cccc(-[s+]3c4ccccc4c4ccccc43)c2)cc1. The average Bonchev–Trinajstić information content (AvgIpc) is 3.05. The van der Waals surface area contributed by atoms with Gasteiger partial charge in [0.1, 0.15) is 11.5 Å². The van der Waals surface area contributed by atoms with Crippen LogP contribution < -0.4 is 4.74 Å². The van der Waals surface area contributed by atoms with Crippen LogP contribution in [0.25, 0.3) is 25.1 Å². The van der Waals surface area contributed by atoms with Gasteiger partial charge in [0.05, 0.1) is 0 Å². The Morgan fingerprint density at radius 2 is 1.22 bits per heavy atom. The maximum atomic E-state index is 6.11. The van der Waals surface area contributed by atoms with Crippen LogP contribution in [0.3, 0.4) is 0 Å². The highest BCUT2D eigenvalue weighted by molar-refractivity contribution is 14.1. The second-order valence-electron chi connectivity index (χ2n) is 6.33. The van der Waals surface area contributed by atoms with E-state index in [-0.39, 0.29) is 10.5 Å². The molecule has 0 N–H and O–H groups in total. The fourth-order valence-corrected chi connectivity index (χ4v) is 6.19. The summed E-state index contributed by atoms with van der Waals surface area (Å²) in [6.07, 6.45) is 0. The van der Waals surface area contributed by atoms with E-state index in [9.17, 15) is 0 Å². The molecule has 5 rings (SSSR count). The number of ether oxygens (including phenoxy) is 1. The van der Waals surface area contributed by atoms with Gasteiger partial charge < -0.3 is 4.74 Å². The van der Waals surface area contributed by atoms with Crippen LogP contribution in [0.15, 0.2) is 97.1 Å². The van der Waals surface area contributed by atoms with Crippen molar-refractivity contribution in [2.45, 2.75) is 0 Å². The Balaban J connectivity index is 1.65. The summed E-state index contributed by atoms with van der Waals surface area (Å²) in [5.41, 5.74) is 0. The van der Waals surface area contributed by atoms with Crippen LogP contribution >= 0.6 is 33.1 Å². The molecular formula is C24H16IOS+. The quantitative estimate of drug-likeness (QED) is 0.188. The Bertz CT molecular complexity index is 1200. The molecule has 0 amide bonds. The number of rotatable bonds is 3. The third kappa shape index (κ3) is 3.11. The Hall–Kier alpha value is -2.37. The Morgan fingerprint density at radius 1 is 0.593 bits per heavy atom. The molecule has 0 aliphatic heterocycles. The largest absolute Gasteiger partial charge is 0.457 e. The molecule has 0 fully saturated rings. The summed E-state index contributed by atoms with van der Waals surface area (Å²) in [4.78, 5) is 1.29. The van der Waals surface area contributed by atoms with Crippen molar-refractivity contribution in [2.24, 2.45) is 0 Å². The highest BCUT2D eigenvalue weighted by Crippen LogP contribution is 2.48. The van der Waals surface area contributed by atoms with Gasteiger partial charge >= 0.3 is 0 Å². The molecule has 5 aromatic rings. The van der Waals surface area contributed by atoms with Gasteiger partial charge in [0, 0.05) is 30.9 Å². The highest BCUT2D eigenvalue weighted by Gasteiger charge is 2.23. The van der Waals surface area contributed by atoms with E-state index in [4.69, 9.17) is 4.74 Å². The first-order valence-electron chi connectivity index (χ1n) is 8.76. The molecular weight excluding hydrogens is 463 g/mol. The second kappa shape index (κ2) is 6.98. The molecule has 130 valence electrons. The van der Waals surface area contributed by atoms with E-state index in [1.54, 1.807) is 0 Å². The van der Waals surface area contributed by atoms with Crippen LogP contribution in [-0.4, -0.2) is 0 Å². The number of halogens is 1. The zero-order chi connectivity index (χ0) is 18.2. The summed E-state index contributed by atoms with van der Waals surface area (Å²) < 4.78 is 10.1. The van der Waals surface area contributed by atoms with E-state index in [0.29, 0.717) is 0 Å². The van der Waals surface area contributed by atoms with Gasteiger partial charge in [-0.1, -0.05) is 30.3 Å². The third-order valence-electron chi connectivity index (χ3n) is 4.59. The van der Waals surface area contributed by atoms with Crippen LogP contribution in [0.5, 0.6) is 11.5 Å². The van der Waals surface area contributed by atoms with E-state index < -0.39 is 0 Å². The monoisotopic (exact) mass is 479 g/mol. The van der Waals surface area contributed by atoms with Gasteiger partial charge in [-0.3, -0.25) is 0 Å². The molecule has 0 spiro atoms. The van der Waals surface area contributed by atoms with E-state index >= 15 is 0 Å². The number of fused-ring (bicyclic) bond motifs is 3. The molecule has 0 atom stereocenters. The lowest BCUT2D eigenvalue weighted by Crippen LogP contribution is -1.84.